The van der Waals surface area contributed by atoms with Gasteiger partial charge in [-0.25, -0.2) is 8.42 Å². The molecule has 10 heteroatoms. The number of hydrogen-bond acceptors (Lipinski definition) is 7. The fraction of sp³-hybridized carbons (Fsp3) is 0.467. The zero-order valence-electron chi connectivity index (χ0n) is 14.0. The Labute approximate surface area is 150 Å². The molecule has 0 spiro atoms. The van der Waals surface area contributed by atoms with Crippen LogP contribution in [0.2, 0.25) is 0 Å². The van der Waals surface area contributed by atoms with E-state index in [1.54, 1.807) is 11.7 Å². The first-order valence-electron chi connectivity index (χ1n) is 7.80. The summed E-state index contributed by atoms with van der Waals surface area (Å²) in [7, 11) is -1.37. The van der Waals surface area contributed by atoms with Crippen molar-refractivity contribution in [1.29, 1.82) is 0 Å². The second kappa shape index (κ2) is 7.12. The van der Waals surface area contributed by atoms with Crippen LogP contribution in [0.4, 0.5) is 0 Å². The second-order valence-corrected chi connectivity index (χ2v) is 9.23. The van der Waals surface area contributed by atoms with Crippen LogP contribution in [0.5, 0.6) is 0 Å². The van der Waals surface area contributed by atoms with Gasteiger partial charge in [0, 0.05) is 13.1 Å². The van der Waals surface area contributed by atoms with Gasteiger partial charge in [-0.05, 0) is 41.5 Å². The van der Waals surface area contributed by atoms with Crippen molar-refractivity contribution in [3.8, 4) is 5.69 Å². The fourth-order valence-corrected chi connectivity index (χ4v) is 5.29. The summed E-state index contributed by atoms with van der Waals surface area (Å²) in [6, 6.07) is 7.50. The highest BCUT2D eigenvalue weighted by molar-refractivity contribution is 7.99. The van der Waals surface area contributed by atoms with Gasteiger partial charge in [0.2, 0.25) is 11.1 Å². The summed E-state index contributed by atoms with van der Waals surface area (Å²) in [5, 5.41) is 12.2. The molecule has 0 radical (unpaired) electrons. The average Bonchev–Trinajstić information content (AvgIpc) is 3.18. The van der Waals surface area contributed by atoms with E-state index in [1.807, 2.05) is 31.2 Å². The van der Waals surface area contributed by atoms with Crippen molar-refractivity contribution in [1.82, 2.24) is 25.1 Å². The SMILES string of the molecule is Cc1cccc(-n2nnnc2SCC(=O)N(C)C2CCS(=O)(=O)C2)c1. The Morgan fingerprint density at radius 1 is 1.44 bits per heavy atom. The molecule has 0 bridgehead atoms. The van der Waals surface area contributed by atoms with Crippen LogP contribution in [-0.2, 0) is 14.6 Å². The number of carbonyl (C=O) groups is 1. The van der Waals surface area contributed by atoms with Crippen molar-refractivity contribution in [3.05, 3.63) is 29.8 Å². The minimum atomic E-state index is -3.02. The van der Waals surface area contributed by atoms with Gasteiger partial charge in [-0.15, -0.1) is 5.10 Å². The lowest BCUT2D eigenvalue weighted by atomic mass is 10.2. The number of carbonyl (C=O) groups excluding carboxylic acids is 1. The molecule has 0 N–H and O–H groups in total. The van der Waals surface area contributed by atoms with Crippen LogP contribution in [0.15, 0.2) is 29.4 Å². The Morgan fingerprint density at radius 2 is 2.24 bits per heavy atom. The van der Waals surface area contributed by atoms with E-state index in [4.69, 9.17) is 0 Å². The maximum absolute atomic E-state index is 12.4. The Morgan fingerprint density at radius 3 is 2.92 bits per heavy atom. The number of hydrogen-bond donors (Lipinski definition) is 0. The van der Waals surface area contributed by atoms with Crippen molar-refractivity contribution in [3.63, 3.8) is 0 Å². The van der Waals surface area contributed by atoms with Crippen molar-refractivity contribution >= 4 is 27.5 Å². The van der Waals surface area contributed by atoms with Gasteiger partial charge in [-0.3, -0.25) is 4.79 Å². The molecule has 134 valence electrons. The highest BCUT2D eigenvalue weighted by Crippen LogP contribution is 2.21. The zero-order valence-corrected chi connectivity index (χ0v) is 15.6. The Balaban J connectivity index is 1.65. The third kappa shape index (κ3) is 4.18. The van der Waals surface area contributed by atoms with Gasteiger partial charge in [0.05, 0.1) is 22.9 Å². The van der Waals surface area contributed by atoms with Gasteiger partial charge < -0.3 is 4.90 Å². The number of aromatic nitrogens is 4. The molecule has 8 nitrogen and oxygen atoms in total. The quantitative estimate of drug-likeness (QED) is 0.703. The van der Waals surface area contributed by atoms with Crippen LogP contribution >= 0.6 is 11.8 Å². The number of aryl methyl sites for hydroxylation is 1. The third-order valence-corrected chi connectivity index (χ3v) is 6.82. The van der Waals surface area contributed by atoms with Gasteiger partial charge in [-0.2, -0.15) is 4.68 Å². The molecule has 3 rings (SSSR count). The summed E-state index contributed by atoms with van der Waals surface area (Å²) in [6.07, 6.45) is 0.496. The highest BCUT2D eigenvalue weighted by atomic mass is 32.2. The summed E-state index contributed by atoms with van der Waals surface area (Å²) in [4.78, 5) is 13.9. The minimum Gasteiger partial charge on any atom is -0.341 e. The Kier molecular flexibility index (Phi) is 5.09. The van der Waals surface area contributed by atoms with Crippen molar-refractivity contribution in [2.24, 2.45) is 0 Å². The molecule has 1 aromatic carbocycles. The maximum Gasteiger partial charge on any atom is 0.233 e. The molecule has 1 amide bonds. The van der Waals surface area contributed by atoms with Gasteiger partial charge in [0.1, 0.15) is 0 Å². The molecule has 1 unspecified atom stereocenters. The van der Waals surface area contributed by atoms with E-state index in [1.165, 1.54) is 16.7 Å². The first-order valence-corrected chi connectivity index (χ1v) is 10.6. The van der Waals surface area contributed by atoms with E-state index in [-0.39, 0.29) is 29.2 Å². The number of thioether (sulfide) groups is 1. The molecule has 0 aliphatic carbocycles. The molecule has 25 heavy (non-hydrogen) atoms. The molecular weight excluding hydrogens is 362 g/mol. The highest BCUT2D eigenvalue weighted by Gasteiger charge is 2.32. The van der Waals surface area contributed by atoms with Crippen LogP contribution in [0.3, 0.4) is 0 Å². The molecule has 2 heterocycles. The van der Waals surface area contributed by atoms with E-state index in [0.717, 1.165) is 11.3 Å². The third-order valence-electron chi connectivity index (χ3n) is 4.16. The standard InChI is InChI=1S/C15H19N5O3S2/c1-11-4-3-5-12(8-11)20-15(16-17-18-20)24-9-14(21)19(2)13-6-7-25(22,23)10-13/h3-5,8,13H,6-7,9-10H2,1-2H3. The summed E-state index contributed by atoms with van der Waals surface area (Å²) in [5.74, 6) is 0.208. The Bertz CT molecular complexity index is 881. The average molecular weight is 381 g/mol. The summed E-state index contributed by atoms with van der Waals surface area (Å²) < 4.78 is 24.7. The molecule has 1 aliphatic rings. The molecular formula is C15H19N5O3S2. The topological polar surface area (TPSA) is 98.1 Å². The van der Waals surface area contributed by atoms with Crippen molar-refractivity contribution in [2.45, 2.75) is 24.5 Å². The van der Waals surface area contributed by atoms with E-state index in [2.05, 4.69) is 15.5 Å². The smallest absolute Gasteiger partial charge is 0.233 e. The van der Waals surface area contributed by atoms with Crippen LogP contribution in [-0.4, -0.2) is 69.8 Å². The summed E-state index contributed by atoms with van der Waals surface area (Å²) in [6.45, 7) is 1.98. The molecule has 0 saturated carbocycles. The predicted octanol–water partition coefficient (Wildman–Crippen LogP) is 0.708. The molecule has 2 aromatic rings. The van der Waals surface area contributed by atoms with Crippen molar-refractivity contribution < 1.29 is 13.2 Å². The number of rotatable bonds is 5. The van der Waals surface area contributed by atoms with Gasteiger partial charge >= 0.3 is 0 Å². The Hall–Kier alpha value is -1.94. The van der Waals surface area contributed by atoms with Crippen LogP contribution < -0.4 is 0 Å². The summed E-state index contributed by atoms with van der Waals surface area (Å²) in [5.41, 5.74) is 1.91. The first kappa shape index (κ1) is 17.9. The van der Waals surface area contributed by atoms with E-state index in [0.29, 0.717) is 11.6 Å². The summed E-state index contributed by atoms with van der Waals surface area (Å²) >= 11 is 1.24. The van der Waals surface area contributed by atoms with Gasteiger partial charge in [0.15, 0.2) is 9.84 Å². The van der Waals surface area contributed by atoms with Crippen molar-refractivity contribution in [2.75, 3.05) is 24.3 Å². The largest absolute Gasteiger partial charge is 0.341 e. The fourth-order valence-electron chi connectivity index (χ4n) is 2.70. The maximum atomic E-state index is 12.4. The molecule has 1 saturated heterocycles. The number of amides is 1. The lowest BCUT2D eigenvalue weighted by Crippen LogP contribution is -2.38. The van der Waals surface area contributed by atoms with Gasteiger partial charge in [0.25, 0.3) is 0 Å². The molecule has 1 atom stereocenters. The molecule has 1 aliphatic heterocycles. The van der Waals surface area contributed by atoms with E-state index < -0.39 is 9.84 Å². The first-order chi connectivity index (χ1) is 11.9. The second-order valence-electron chi connectivity index (χ2n) is 6.06. The van der Waals surface area contributed by atoms with E-state index >= 15 is 0 Å². The van der Waals surface area contributed by atoms with Crippen LogP contribution in [0.1, 0.15) is 12.0 Å². The minimum absolute atomic E-state index is 0.0426. The van der Waals surface area contributed by atoms with E-state index in [9.17, 15) is 13.2 Å². The number of nitrogens with zero attached hydrogens (tertiary/aromatic N) is 5. The van der Waals surface area contributed by atoms with Gasteiger partial charge in [-0.1, -0.05) is 23.9 Å². The normalized spacial score (nSPS) is 19.0. The predicted molar refractivity (Wildman–Crippen MR) is 94.4 cm³/mol. The lowest BCUT2D eigenvalue weighted by molar-refractivity contribution is -0.128. The van der Waals surface area contributed by atoms with Crippen LogP contribution in [0.25, 0.3) is 5.69 Å². The number of benzene rings is 1. The van der Waals surface area contributed by atoms with Crippen LogP contribution in [0, 0.1) is 6.92 Å². The zero-order chi connectivity index (χ0) is 18.0. The number of sulfone groups is 1. The molecule has 1 aromatic heterocycles. The monoisotopic (exact) mass is 381 g/mol. The molecule has 1 fully saturated rings. The number of tetrazole rings is 1. The lowest BCUT2D eigenvalue weighted by Gasteiger charge is -2.23.